The molecule has 2 aliphatic rings. The zero-order valence-corrected chi connectivity index (χ0v) is 16.8. The summed E-state index contributed by atoms with van der Waals surface area (Å²) in [6, 6.07) is 9.91. The Morgan fingerprint density at radius 3 is 2.37 bits per heavy atom. The molecule has 1 saturated heterocycles. The van der Waals surface area contributed by atoms with Crippen LogP contribution in [0, 0.1) is 17.6 Å². The number of ether oxygens (including phenoxy) is 1. The lowest BCUT2D eigenvalue weighted by molar-refractivity contribution is -0.120. The van der Waals surface area contributed by atoms with Gasteiger partial charge in [0.2, 0.25) is 0 Å². The molecule has 2 aromatic carbocycles. The van der Waals surface area contributed by atoms with Crippen LogP contribution in [0.1, 0.15) is 25.3 Å². The van der Waals surface area contributed by atoms with Gasteiger partial charge < -0.3 is 9.64 Å². The van der Waals surface area contributed by atoms with Gasteiger partial charge in [0, 0.05) is 19.2 Å². The van der Waals surface area contributed by atoms with Crippen LogP contribution in [0.15, 0.2) is 48.2 Å². The Bertz CT molecular complexity index is 1030. The van der Waals surface area contributed by atoms with E-state index in [-0.39, 0.29) is 11.3 Å². The number of hydrogen-bond acceptors (Lipinski definition) is 4. The van der Waals surface area contributed by atoms with Gasteiger partial charge in [-0.15, -0.1) is 0 Å². The maximum Gasteiger partial charge on any atom is 0.282 e. The Morgan fingerprint density at radius 2 is 1.73 bits per heavy atom. The van der Waals surface area contributed by atoms with E-state index in [0.717, 1.165) is 29.9 Å². The molecule has 1 fully saturated rings. The van der Waals surface area contributed by atoms with Crippen LogP contribution in [0.5, 0.6) is 5.75 Å². The van der Waals surface area contributed by atoms with Crippen molar-refractivity contribution in [3.63, 3.8) is 0 Å². The topological polar surface area (TPSA) is 49.9 Å². The molecule has 7 heteroatoms. The van der Waals surface area contributed by atoms with Gasteiger partial charge in [-0.3, -0.25) is 9.59 Å². The molecule has 2 amide bonds. The van der Waals surface area contributed by atoms with Gasteiger partial charge in [0.25, 0.3) is 11.8 Å². The zero-order chi connectivity index (χ0) is 21.4. The predicted octanol–water partition coefficient (Wildman–Crippen LogP) is 3.99. The van der Waals surface area contributed by atoms with Crippen molar-refractivity contribution in [2.24, 2.45) is 5.92 Å². The van der Waals surface area contributed by atoms with Crippen LogP contribution in [-0.2, 0) is 9.59 Å². The van der Waals surface area contributed by atoms with Crippen molar-refractivity contribution < 1.29 is 23.1 Å². The molecule has 0 aromatic heterocycles. The van der Waals surface area contributed by atoms with Crippen LogP contribution in [0.4, 0.5) is 14.5 Å². The first kappa shape index (κ1) is 20.1. The molecule has 0 radical (unpaired) electrons. The number of piperidine rings is 1. The summed E-state index contributed by atoms with van der Waals surface area (Å²) >= 11 is 0. The van der Waals surface area contributed by atoms with E-state index in [4.69, 9.17) is 4.74 Å². The smallest absolute Gasteiger partial charge is 0.282 e. The number of hydrogen-bond donors (Lipinski definition) is 0. The minimum atomic E-state index is -1.11. The molecule has 2 heterocycles. The van der Waals surface area contributed by atoms with Gasteiger partial charge in [-0.25, -0.2) is 13.7 Å². The Kier molecular flexibility index (Phi) is 5.28. The second-order valence-corrected chi connectivity index (χ2v) is 7.69. The standard InChI is InChI=1S/C23H22F2N2O3/c1-14-4-3-11-26(13-14)21-20(15-5-8-17(30-2)9-6-15)22(28)27(23(21)29)16-7-10-18(24)19(25)12-16/h5-10,12,14H,3-4,11,13H2,1-2H3. The van der Waals surface area contributed by atoms with E-state index >= 15 is 0 Å². The Hall–Kier alpha value is -3.22. The number of nitrogens with zero attached hydrogens (tertiary/aromatic N) is 2. The predicted molar refractivity (Wildman–Crippen MR) is 109 cm³/mol. The third-order valence-corrected chi connectivity index (χ3v) is 5.57. The summed E-state index contributed by atoms with van der Waals surface area (Å²) < 4.78 is 32.4. The SMILES string of the molecule is COc1ccc(C2=C(N3CCCC(C)C3)C(=O)N(c3ccc(F)c(F)c3)C2=O)cc1. The molecule has 0 bridgehead atoms. The number of methoxy groups -OCH3 is 1. The molecule has 1 unspecified atom stereocenters. The van der Waals surface area contributed by atoms with Gasteiger partial charge in [-0.05, 0) is 48.6 Å². The highest BCUT2D eigenvalue weighted by molar-refractivity contribution is 6.45. The Morgan fingerprint density at radius 1 is 1.00 bits per heavy atom. The molecule has 30 heavy (non-hydrogen) atoms. The van der Waals surface area contributed by atoms with E-state index in [2.05, 4.69) is 6.92 Å². The highest BCUT2D eigenvalue weighted by Gasteiger charge is 2.43. The molecule has 0 N–H and O–H groups in total. The number of halogens is 2. The Balaban J connectivity index is 1.82. The van der Waals surface area contributed by atoms with Gasteiger partial charge >= 0.3 is 0 Å². The number of likely N-dealkylation sites (tertiary alicyclic amines) is 1. The second kappa shape index (κ2) is 7.89. The molecule has 1 atom stereocenters. The van der Waals surface area contributed by atoms with Crippen LogP contribution in [0.2, 0.25) is 0 Å². The fourth-order valence-electron chi connectivity index (χ4n) is 4.08. The second-order valence-electron chi connectivity index (χ2n) is 7.69. The lowest BCUT2D eigenvalue weighted by Gasteiger charge is -2.33. The van der Waals surface area contributed by atoms with Crippen molar-refractivity contribution in [3.05, 3.63) is 65.4 Å². The first-order chi connectivity index (χ1) is 14.4. The van der Waals surface area contributed by atoms with Gasteiger partial charge in [-0.1, -0.05) is 19.1 Å². The van der Waals surface area contributed by atoms with E-state index in [1.54, 1.807) is 31.4 Å². The molecule has 156 valence electrons. The molecule has 0 saturated carbocycles. The molecular weight excluding hydrogens is 390 g/mol. The van der Waals surface area contributed by atoms with Crippen LogP contribution in [-0.4, -0.2) is 36.9 Å². The van der Waals surface area contributed by atoms with E-state index in [0.29, 0.717) is 36.0 Å². The van der Waals surface area contributed by atoms with Crippen molar-refractivity contribution >= 4 is 23.1 Å². The van der Waals surface area contributed by atoms with Crippen LogP contribution in [0.3, 0.4) is 0 Å². The fourth-order valence-corrected chi connectivity index (χ4v) is 4.08. The maximum atomic E-state index is 13.8. The average molecular weight is 412 g/mol. The molecule has 5 nitrogen and oxygen atoms in total. The summed E-state index contributed by atoms with van der Waals surface area (Å²) in [6.07, 6.45) is 1.96. The summed E-state index contributed by atoms with van der Waals surface area (Å²) in [5.74, 6) is -2.22. The van der Waals surface area contributed by atoms with Gasteiger partial charge in [-0.2, -0.15) is 0 Å². The number of rotatable bonds is 4. The normalized spacial score (nSPS) is 19.7. The van der Waals surface area contributed by atoms with Crippen LogP contribution < -0.4 is 9.64 Å². The molecule has 0 spiro atoms. The zero-order valence-electron chi connectivity index (χ0n) is 16.8. The minimum absolute atomic E-state index is 0.00923. The summed E-state index contributed by atoms with van der Waals surface area (Å²) in [6.45, 7) is 3.41. The number of imide groups is 1. The third kappa shape index (κ3) is 3.44. The number of carbonyl (C=O) groups excluding carboxylic acids is 2. The maximum absolute atomic E-state index is 13.8. The summed E-state index contributed by atoms with van der Waals surface area (Å²) in [7, 11) is 1.55. The molecule has 4 rings (SSSR count). The lowest BCUT2D eigenvalue weighted by atomic mass is 9.98. The quantitative estimate of drug-likeness (QED) is 0.713. The minimum Gasteiger partial charge on any atom is -0.497 e. The van der Waals surface area contributed by atoms with Crippen molar-refractivity contribution in [1.29, 1.82) is 0 Å². The number of anilines is 1. The van der Waals surface area contributed by atoms with E-state index < -0.39 is 23.4 Å². The van der Waals surface area contributed by atoms with Crippen molar-refractivity contribution in [1.82, 2.24) is 4.90 Å². The molecular formula is C23H22F2N2O3. The highest BCUT2D eigenvalue weighted by atomic mass is 19.2. The van der Waals surface area contributed by atoms with Crippen molar-refractivity contribution in [3.8, 4) is 5.75 Å². The molecule has 2 aliphatic heterocycles. The summed E-state index contributed by atoms with van der Waals surface area (Å²) in [5, 5.41) is 0. The molecule has 0 aliphatic carbocycles. The first-order valence-electron chi connectivity index (χ1n) is 9.88. The van der Waals surface area contributed by atoms with E-state index in [9.17, 15) is 18.4 Å². The van der Waals surface area contributed by atoms with Gasteiger partial charge in [0.05, 0.1) is 18.4 Å². The number of carbonyl (C=O) groups is 2. The van der Waals surface area contributed by atoms with E-state index in [1.807, 2.05) is 4.90 Å². The summed E-state index contributed by atoms with van der Waals surface area (Å²) in [5.41, 5.74) is 1.16. The van der Waals surface area contributed by atoms with Crippen LogP contribution in [0.25, 0.3) is 5.57 Å². The van der Waals surface area contributed by atoms with Gasteiger partial charge in [0.1, 0.15) is 11.4 Å². The number of amides is 2. The highest BCUT2D eigenvalue weighted by Crippen LogP contribution is 2.37. The van der Waals surface area contributed by atoms with Crippen molar-refractivity contribution in [2.45, 2.75) is 19.8 Å². The Labute approximate surface area is 173 Å². The lowest BCUT2D eigenvalue weighted by Crippen LogP contribution is -2.39. The molecule has 2 aromatic rings. The third-order valence-electron chi connectivity index (χ3n) is 5.57. The number of benzene rings is 2. The fraction of sp³-hybridized carbons (Fsp3) is 0.304. The largest absolute Gasteiger partial charge is 0.497 e. The monoisotopic (exact) mass is 412 g/mol. The first-order valence-corrected chi connectivity index (χ1v) is 9.88. The van der Waals surface area contributed by atoms with Gasteiger partial charge in [0.15, 0.2) is 11.6 Å². The summed E-state index contributed by atoms with van der Waals surface area (Å²) in [4.78, 5) is 29.6. The average Bonchev–Trinajstić information content (AvgIpc) is 3.00. The van der Waals surface area contributed by atoms with E-state index in [1.165, 1.54) is 6.07 Å². The van der Waals surface area contributed by atoms with Crippen molar-refractivity contribution in [2.75, 3.05) is 25.1 Å². The van der Waals surface area contributed by atoms with Crippen LogP contribution >= 0.6 is 0 Å².